The van der Waals surface area contributed by atoms with E-state index in [1.165, 1.54) is 0 Å². The Balaban J connectivity index is 1.73. The van der Waals surface area contributed by atoms with Gasteiger partial charge in [-0.3, -0.25) is 9.59 Å². The van der Waals surface area contributed by atoms with Gasteiger partial charge >= 0.3 is 0 Å². The maximum absolute atomic E-state index is 12.5. The Morgan fingerprint density at radius 1 is 1.08 bits per heavy atom. The molecule has 1 aliphatic rings. The van der Waals surface area contributed by atoms with Crippen LogP contribution in [0.25, 0.3) is 0 Å². The van der Waals surface area contributed by atoms with Crippen molar-refractivity contribution in [3.05, 3.63) is 71.8 Å². The van der Waals surface area contributed by atoms with Crippen LogP contribution < -0.4 is 5.32 Å². The van der Waals surface area contributed by atoms with Crippen LogP contribution in [0, 0.1) is 0 Å². The van der Waals surface area contributed by atoms with E-state index >= 15 is 0 Å². The lowest BCUT2D eigenvalue weighted by Crippen LogP contribution is -2.37. The van der Waals surface area contributed by atoms with Crippen LogP contribution in [0.15, 0.2) is 60.7 Å². The number of rotatable bonds is 5. The molecule has 1 heterocycles. The molecule has 0 aliphatic carbocycles. The van der Waals surface area contributed by atoms with Gasteiger partial charge in [0.05, 0.1) is 6.04 Å². The van der Waals surface area contributed by atoms with Crippen molar-refractivity contribution in [2.45, 2.75) is 24.8 Å². The van der Waals surface area contributed by atoms with Gasteiger partial charge in [0.25, 0.3) is 0 Å². The average Bonchev–Trinajstić information content (AvgIpc) is 2.91. The molecule has 0 spiro atoms. The van der Waals surface area contributed by atoms with Crippen molar-refractivity contribution >= 4 is 11.8 Å². The fourth-order valence-corrected chi connectivity index (χ4v) is 3.23. The lowest BCUT2D eigenvalue weighted by Gasteiger charge is -2.19. The second-order valence-electron chi connectivity index (χ2n) is 6.32. The first-order chi connectivity index (χ1) is 11.6. The predicted octanol–water partition coefficient (Wildman–Crippen LogP) is 2.56. The van der Waals surface area contributed by atoms with Crippen molar-refractivity contribution in [1.82, 2.24) is 10.2 Å². The summed E-state index contributed by atoms with van der Waals surface area (Å²) in [5.41, 5.74) is 2.25. The van der Waals surface area contributed by atoms with Crippen molar-refractivity contribution in [2.75, 3.05) is 13.6 Å². The number of hydrogen-bond acceptors (Lipinski definition) is 2. The van der Waals surface area contributed by atoms with Crippen molar-refractivity contribution in [3.8, 4) is 0 Å². The third-order valence-electron chi connectivity index (χ3n) is 4.50. The summed E-state index contributed by atoms with van der Waals surface area (Å²) >= 11 is 0. The highest BCUT2D eigenvalue weighted by Crippen LogP contribution is 2.28. The molecule has 1 fully saturated rings. The molecule has 0 aromatic heterocycles. The molecule has 0 bridgehead atoms. The second-order valence-corrected chi connectivity index (χ2v) is 6.32. The van der Waals surface area contributed by atoms with Crippen LogP contribution in [0.2, 0.25) is 0 Å². The molecule has 124 valence electrons. The Bertz CT molecular complexity index is 661. The standard InChI is InChI=1S/C20H22N2O2/c1-22-14-17(12-20(22)24)21-19(23)13-18(15-8-4-2-5-9-15)16-10-6-3-7-11-16/h2-11,17-18H,12-14H2,1H3,(H,21,23). The number of benzene rings is 2. The molecule has 2 aromatic carbocycles. The van der Waals surface area contributed by atoms with Crippen molar-refractivity contribution in [3.63, 3.8) is 0 Å². The van der Waals surface area contributed by atoms with E-state index in [0.717, 1.165) is 11.1 Å². The van der Waals surface area contributed by atoms with E-state index in [4.69, 9.17) is 0 Å². The van der Waals surface area contributed by atoms with Crippen LogP contribution in [0.1, 0.15) is 29.9 Å². The summed E-state index contributed by atoms with van der Waals surface area (Å²) in [7, 11) is 1.77. The van der Waals surface area contributed by atoms with Gasteiger partial charge < -0.3 is 10.2 Å². The normalized spacial score (nSPS) is 17.3. The lowest BCUT2D eigenvalue weighted by molar-refractivity contribution is -0.126. The van der Waals surface area contributed by atoms with Crippen LogP contribution in [-0.4, -0.2) is 36.3 Å². The minimum atomic E-state index is -0.0813. The maximum Gasteiger partial charge on any atom is 0.224 e. The molecule has 24 heavy (non-hydrogen) atoms. The van der Waals surface area contributed by atoms with E-state index in [1.54, 1.807) is 11.9 Å². The fourth-order valence-electron chi connectivity index (χ4n) is 3.23. The van der Waals surface area contributed by atoms with Gasteiger partial charge in [0, 0.05) is 32.4 Å². The number of likely N-dealkylation sites (tertiary alicyclic amines) is 1. The molecule has 3 rings (SSSR count). The number of carbonyl (C=O) groups excluding carboxylic acids is 2. The van der Waals surface area contributed by atoms with E-state index in [2.05, 4.69) is 29.6 Å². The van der Waals surface area contributed by atoms with Gasteiger partial charge in [0.2, 0.25) is 11.8 Å². The van der Waals surface area contributed by atoms with Gasteiger partial charge in [0.15, 0.2) is 0 Å². The fraction of sp³-hybridized carbons (Fsp3) is 0.300. The third kappa shape index (κ3) is 3.82. The van der Waals surface area contributed by atoms with E-state index < -0.39 is 0 Å². The van der Waals surface area contributed by atoms with Gasteiger partial charge in [-0.25, -0.2) is 0 Å². The molecule has 0 radical (unpaired) electrons. The van der Waals surface area contributed by atoms with Crippen molar-refractivity contribution < 1.29 is 9.59 Å². The Hall–Kier alpha value is -2.62. The highest BCUT2D eigenvalue weighted by molar-refractivity contribution is 5.82. The van der Waals surface area contributed by atoms with Crippen LogP contribution in [-0.2, 0) is 9.59 Å². The number of carbonyl (C=O) groups is 2. The number of amides is 2. The molecule has 1 aliphatic heterocycles. The highest BCUT2D eigenvalue weighted by Gasteiger charge is 2.28. The summed E-state index contributed by atoms with van der Waals surface area (Å²) in [5, 5.41) is 3.01. The molecular formula is C20H22N2O2. The molecule has 2 aromatic rings. The summed E-state index contributed by atoms with van der Waals surface area (Å²) < 4.78 is 0. The minimum Gasteiger partial charge on any atom is -0.351 e. The molecule has 1 unspecified atom stereocenters. The topological polar surface area (TPSA) is 49.4 Å². The molecule has 1 N–H and O–H groups in total. The van der Waals surface area contributed by atoms with E-state index in [-0.39, 0.29) is 23.8 Å². The van der Waals surface area contributed by atoms with Crippen LogP contribution in [0.3, 0.4) is 0 Å². The molecule has 4 heteroatoms. The van der Waals surface area contributed by atoms with Gasteiger partial charge in [-0.2, -0.15) is 0 Å². The third-order valence-corrected chi connectivity index (χ3v) is 4.50. The number of hydrogen-bond donors (Lipinski definition) is 1. The highest BCUT2D eigenvalue weighted by atomic mass is 16.2. The molecule has 1 saturated heterocycles. The largest absolute Gasteiger partial charge is 0.351 e. The zero-order valence-corrected chi connectivity index (χ0v) is 13.8. The van der Waals surface area contributed by atoms with Crippen molar-refractivity contribution in [2.24, 2.45) is 0 Å². The van der Waals surface area contributed by atoms with Crippen LogP contribution in [0.4, 0.5) is 0 Å². The number of nitrogens with one attached hydrogen (secondary N) is 1. The quantitative estimate of drug-likeness (QED) is 0.920. The number of likely N-dealkylation sites (N-methyl/N-ethyl adjacent to an activating group) is 1. The summed E-state index contributed by atoms with van der Waals surface area (Å²) in [6.45, 7) is 0.589. The Morgan fingerprint density at radius 2 is 1.62 bits per heavy atom. The zero-order valence-electron chi connectivity index (χ0n) is 13.8. The Labute approximate surface area is 142 Å². The molecule has 4 nitrogen and oxygen atoms in total. The van der Waals surface area contributed by atoms with E-state index in [9.17, 15) is 9.59 Å². The van der Waals surface area contributed by atoms with Gasteiger partial charge in [0.1, 0.15) is 0 Å². The van der Waals surface area contributed by atoms with Gasteiger partial charge in [-0.15, -0.1) is 0 Å². The maximum atomic E-state index is 12.5. The summed E-state index contributed by atoms with van der Waals surface area (Å²) in [6.07, 6.45) is 0.770. The first-order valence-corrected chi connectivity index (χ1v) is 8.26. The SMILES string of the molecule is CN1CC(NC(=O)CC(c2ccccc2)c2ccccc2)CC1=O. The molecular weight excluding hydrogens is 300 g/mol. The summed E-state index contributed by atoms with van der Waals surface area (Å²) in [4.78, 5) is 25.8. The van der Waals surface area contributed by atoms with E-state index in [0.29, 0.717) is 19.4 Å². The Kier molecular flexibility index (Phi) is 4.94. The van der Waals surface area contributed by atoms with Crippen LogP contribution in [0.5, 0.6) is 0 Å². The predicted molar refractivity (Wildman–Crippen MR) is 93.5 cm³/mol. The minimum absolute atomic E-state index is 0.0131. The van der Waals surface area contributed by atoms with Crippen LogP contribution >= 0.6 is 0 Å². The first kappa shape index (κ1) is 16.2. The molecule has 0 saturated carbocycles. The summed E-state index contributed by atoms with van der Waals surface area (Å²) in [5.74, 6) is 0.0889. The molecule has 1 atom stereocenters. The number of nitrogens with zero attached hydrogens (tertiary/aromatic N) is 1. The summed E-state index contributed by atoms with van der Waals surface area (Å²) in [6, 6.07) is 20.1. The zero-order chi connectivity index (χ0) is 16.9. The monoisotopic (exact) mass is 322 g/mol. The average molecular weight is 322 g/mol. The van der Waals surface area contributed by atoms with E-state index in [1.807, 2.05) is 36.4 Å². The van der Waals surface area contributed by atoms with Gasteiger partial charge in [-0.1, -0.05) is 60.7 Å². The van der Waals surface area contributed by atoms with Gasteiger partial charge in [-0.05, 0) is 11.1 Å². The van der Waals surface area contributed by atoms with Crippen molar-refractivity contribution in [1.29, 1.82) is 0 Å². The Morgan fingerprint density at radius 3 is 2.08 bits per heavy atom. The second kappa shape index (κ2) is 7.30. The first-order valence-electron chi connectivity index (χ1n) is 8.26. The lowest BCUT2D eigenvalue weighted by atomic mass is 9.88. The smallest absolute Gasteiger partial charge is 0.224 e. The molecule has 2 amide bonds.